The molecule has 21 heavy (non-hydrogen) atoms. The van der Waals surface area contributed by atoms with Gasteiger partial charge in [-0.15, -0.1) is 22.9 Å². The lowest BCUT2D eigenvalue weighted by Crippen LogP contribution is -2.06. The fraction of sp³-hybridized carbons (Fsp3) is 0.385. The third kappa shape index (κ3) is 2.71. The Balaban J connectivity index is 1.96. The molecule has 0 bridgehead atoms. The third-order valence-corrected chi connectivity index (χ3v) is 4.21. The van der Waals surface area contributed by atoms with Crippen LogP contribution in [0, 0.1) is 6.92 Å². The molecule has 0 aliphatic rings. The van der Waals surface area contributed by atoms with E-state index in [4.69, 9.17) is 16.3 Å². The molecule has 3 heterocycles. The highest BCUT2D eigenvalue weighted by molar-refractivity contribution is 7.09. The largest absolute Gasteiger partial charge is 0.479 e. The average Bonchev–Trinajstić information content (AvgIpc) is 3.07. The fourth-order valence-corrected chi connectivity index (χ4v) is 3.05. The molecule has 0 radical (unpaired) electrons. The Morgan fingerprint density at radius 1 is 1.33 bits per heavy atom. The summed E-state index contributed by atoms with van der Waals surface area (Å²) >= 11 is 7.65. The van der Waals surface area contributed by atoms with Crippen molar-refractivity contribution >= 4 is 34.1 Å². The van der Waals surface area contributed by atoms with Gasteiger partial charge >= 0.3 is 0 Å². The molecule has 3 aromatic rings. The second-order valence-electron chi connectivity index (χ2n) is 4.48. The van der Waals surface area contributed by atoms with Crippen molar-refractivity contribution in [3.63, 3.8) is 0 Å². The Labute approximate surface area is 130 Å². The summed E-state index contributed by atoms with van der Waals surface area (Å²) in [5, 5.41) is 3.15. The van der Waals surface area contributed by atoms with Crippen molar-refractivity contribution in [1.29, 1.82) is 0 Å². The van der Waals surface area contributed by atoms with Gasteiger partial charge in [-0.25, -0.2) is 15.0 Å². The van der Waals surface area contributed by atoms with Crippen LogP contribution in [-0.4, -0.2) is 31.6 Å². The molecule has 0 spiro atoms. The first-order valence-electron chi connectivity index (χ1n) is 6.44. The summed E-state index contributed by atoms with van der Waals surface area (Å²) in [6, 6.07) is 0. The third-order valence-electron chi connectivity index (χ3n) is 3.15. The number of halogens is 1. The standard InChI is InChI=1S/C13H14ClN5OS/c1-8-17-9(6-21-8)3-4-19-10(5-14)18-11-12(19)15-7-16-13(11)20-2/h6-7H,3-5H2,1-2H3. The number of methoxy groups -OCH3 is 1. The summed E-state index contributed by atoms with van der Waals surface area (Å²) in [7, 11) is 1.57. The minimum absolute atomic E-state index is 0.315. The number of aryl methyl sites for hydroxylation is 3. The average molecular weight is 324 g/mol. The van der Waals surface area contributed by atoms with E-state index in [1.54, 1.807) is 18.4 Å². The molecule has 3 rings (SSSR count). The predicted octanol–water partition coefficient (Wildman–Crippen LogP) is 2.58. The van der Waals surface area contributed by atoms with Crippen molar-refractivity contribution in [3.05, 3.63) is 28.2 Å². The lowest BCUT2D eigenvalue weighted by atomic mass is 10.3. The number of hydrogen-bond donors (Lipinski definition) is 0. The molecule has 8 heteroatoms. The van der Waals surface area contributed by atoms with E-state index in [1.165, 1.54) is 6.33 Å². The molecule has 110 valence electrons. The van der Waals surface area contributed by atoms with Gasteiger partial charge in [0.15, 0.2) is 11.2 Å². The van der Waals surface area contributed by atoms with Crippen LogP contribution in [0.5, 0.6) is 5.88 Å². The fourth-order valence-electron chi connectivity index (χ4n) is 2.20. The zero-order valence-electron chi connectivity index (χ0n) is 11.7. The van der Waals surface area contributed by atoms with Crippen molar-refractivity contribution in [2.24, 2.45) is 0 Å². The van der Waals surface area contributed by atoms with Crippen molar-refractivity contribution in [3.8, 4) is 5.88 Å². The summed E-state index contributed by atoms with van der Waals surface area (Å²) < 4.78 is 7.23. The van der Waals surface area contributed by atoms with E-state index in [-0.39, 0.29) is 0 Å². The maximum atomic E-state index is 6.00. The van der Waals surface area contributed by atoms with Gasteiger partial charge in [0.05, 0.1) is 23.7 Å². The Hall–Kier alpha value is -1.73. The highest BCUT2D eigenvalue weighted by Crippen LogP contribution is 2.23. The number of nitrogens with zero attached hydrogens (tertiary/aromatic N) is 5. The molecular formula is C13H14ClN5OS. The van der Waals surface area contributed by atoms with Crippen LogP contribution in [0.4, 0.5) is 0 Å². The Morgan fingerprint density at radius 3 is 2.86 bits per heavy atom. The molecule has 0 N–H and O–H groups in total. The van der Waals surface area contributed by atoms with Crippen LogP contribution in [0.15, 0.2) is 11.7 Å². The number of hydrogen-bond acceptors (Lipinski definition) is 6. The van der Waals surface area contributed by atoms with Gasteiger partial charge in [0.25, 0.3) is 0 Å². The van der Waals surface area contributed by atoms with Crippen molar-refractivity contribution < 1.29 is 4.74 Å². The first-order chi connectivity index (χ1) is 10.2. The maximum absolute atomic E-state index is 6.00. The van der Waals surface area contributed by atoms with Gasteiger partial charge in [-0.05, 0) is 6.92 Å². The summed E-state index contributed by atoms with van der Waals surface area (Å²) in [5.41, 5.74) is 2.45. The molecule has 0 fully saturated rings. The van der Waals surface area contributed by atoms with Crippen LogP contribution in [0.3, 0.4) is 0 Å². The number of ether oxygens (including phenoxy) is 1. The lowest BCUT2D eigenvalue weighted by Gasteiger charge is -2.05. The zero-order chi connectivity index (χ0) is 14.8. The minimum Gasteiger partial charge on any atom is -0.479 e. The molecule has 0 aliphatic heterocycles. The van der Waals surface area contributed by atoms with Gasteiger partial charge in [0.2, 0.25) is 5.88 Å². The second kappa shape index (κ2) is 5.95. The molecule has 0 unspecified atom stereocenters. The number of aromatic nitrogens is 5. The zero-order valence-corrected chi connectivity index (χ0v) is 13.3. The molecule has 0 atom stereocenters. The van der Waals surface area contributed by atoms with E-state index >= 15 is 0 Å². The van der Waals surface area contributed by atoms with Crippen LogP contribution in [-0.2, 0) is 18.8 Å². The van der Waals surface area contributed by atoms with Crippen LogP contribution in [0.2, 0.25) is 0 Å². The van der Waals surface area contributed by atoms with Crippen molar-refractivity contribution in [2.75, 3.05) is 7.11 Å². The minimum atomic E-state index is 0.315. The Morgan fingerprint density at radius 2 is 2.19 bits per heavy atom. The molecule has 0 aromatic carbocycles. The van der Waals surface area contributed by atoms with Crippen molar-refractivity contribution in [1.82, 2.24) is 24.5 Å². The lowest BCUT2D eigenvalue weighted by molar-refractivity contribution is 0.401. The van der Waals surface area contributed by atoms with Crippen LogP contribution in [0.25, 0.3) is 11.2 Å². The predicted molar refractivity (Wildman–Crippen MR) is 82.0 cm³/mol. The summed E-state index contributed by atoms with van der Waals surface area (Å²) in [6.45, 7) is 2.73. The molecule has 0 saturated heterocycles. The topological polar surface area (TPSA) is 65.7 Å². The van der Waals surface area contributed by atoms with Gasteiger partial charge in [-0.1, -0.05) is 0 Å². The number of rotatable bonds is 5. The maximum Gasteiger partial charge on any atom is 0.245 e. The van der Waals surface area contributed by atoms with Gasteiger partial charge in [0, 0.05) is 18.3 Å². The summed E-state index contributed by atoms with van der Waals surface area (Å²) in [5.74, 6) is 1.54. The number of fused-ring (bicyclic) bond motifs is 1. The van der Waals surface area contributed by atoms with Crippen LogP contribution < -0.4 is 4.74 Å². The van der Waals surface area contributed by atoms with Gasteiger partial charge in [-0.2, -0.15) is 4.98 Å². The van der Waals surface area contributed by atoms with Crippen LogP contribution >= 0.6 is 22.9 Å². The Bertz CT molecular complexity index is 769. The highest BCUT2D eigenvalue weighted by atomic mass is 35.5. The van der Waals surface area contributed by atoms with Gasteiger partial charge in [0.1, 0.15) is 12.2 Å². The van der Waals surface area contributed by atoms with E-state index in [0.717, 1.165) is 35.1 Å². The number of thiazole rings is 1. The summed E-state index contributed by atoms with van der Waals surface area (Å²) in [4.78, 5) is 17.3. The van der Waals surface area contributed by atoms with E-state index < -0.39 is 0 Å². The van der Waals surface area contributed by atoms with Crippen LogP contribution in [0.1, 0.15) is 16.5 Å². The molecule has 0 aliphatic carbocycles. The quantitative estimate of drug-likeness (QED) is 0.675. The number of imidazole rings is 1. The first-order valence-corrected chi connectivity index (χ1v) is 7.85. The van der Waals surface area contributed by atoms with E-state index in [1.807, 2.05) is 11.5 Å². The summed E-state index contributed by atoms with van der Waals surface area (Å²) in [6.07, 6.45) is 2.29. The molecule has 3 aromatic heterocycles. The second-order valence-corrected chi connectivity index (χ2v) is 5.81. The molecule has 0 amide bonds. The smallest absolute Gasteiger partial charge is 0.245 e. The van der Waals surface area contributed by atoms with E-state index in [2.05, 4.69) is 25.3 Å². The van der Waals surface area contributed by atoms with E-state index in [9.17, 15) is 0 Å². The van der Waals surface area contributed by atoms with E-state index in [0.29, 0.717) is 17.3 Å². The number of alkyl halides is 1. The normalized spacial score (nSPS) is 11.2. The van der Waals surface area contributed by atoms with Gasteiger partial charge in [-0.3, -0.25) is 0 Å². The monoisotopic (exact) mass is 323 g/mol. The van der Waals surface area contributed by atoms with Gasteiger partial charge < -0.3 is 9.30 Å². The molecular weight excluding hydrogens is 310 g/mol. The SMILES string of the molecule is COc1ncnc2c1nc(CCl)n2CCc1csc(C)n1. The molecule has 6 nitrogen and oxygen atoms in total. The molecule has 0 saturated carbocycles. The van der Waals surface area contributed by atoms with Crippen molar-refractivity contribution in [2.45, 2.75) is 25.8 Å². The first kappa shape index (κ1) is 14.2. The Kier molecular flexibility index (Phi) is 4.03. The highest BCUT2D eigenvalue weighted by Gasteiger charge is 2.15.